The number of aryl methyl sites for hydroxylation is 1. The normalized spacial score (nSPS) is 9.63. The molecular formula is C20H18Br2N6OS. The minimum absolute atomic E-state index is 0. The zero-order valence-corrected chi connectivity index (χ0v) is 19.9. The van der Waals surface area contributed by atoms with E-state index in [0.717, 1.165) is 22.6 Å². The maximum Gasteiger partial charge on any atom is 0.337 e. The summed E-state index contributed by atoms with van der Waals surface area (Å²) < 4.78 is 7.24. The summed E-state index contributed by atoms with van der Waals surface area (Å²) in [5, 5.41) is 14.3. The Balaban J connectivity index is 0.000000349. The van der Waals surface area contributed by atoms with Crippen molar-refractivity contribution in [2.24, 2.45) is 0 Å². The van der Waals surface area contributed by atoms with Crippen molar-refractivity contribution in [2.45, 2.75) is 6.92 Å². The largest absolute Gasteiger partial charge is 1.00 e. The Kier molecular flexibility index (Phi) is 9.03. The molecule has 3 heterocycles. The summed E-state index contributed by atoms with van der Waals surface area (Å²) >= 11 is 1.72. The topological polar surface area (TPSA) is 85.6 Å². The Morgan fingerprint density at radius 1 is 1.03 bits per heavy atom. The van der Waals surface area contributed by atoms with Crippen LogP contribution in [0.4, 0.5) is 0 Å². The smallest absolute Gasteiger partial charge is 0.337 e. The van der Waals surface area contributed by atoms with Crippen LogP contribution in [0.2, 0.25) is 0 Å². The molecule has 0 amide bonds. The van der Waals surface area contributed by atoms with Crippen LogP contribution in [-0.4, -0.2) is 20.5 Å². The van der Waals surface area contributed by atoms with Gasteiger partial charge in [0.15, 0.2) is 11.4 Å². The molecule has 5 aromatic rings. The molecule has 5 rings (SSSR count). The number of thiazole rings is 1. The van der Waals surface area contributed by atoms with Crippen molar-refractivity contribution in [3.8, 4) is 28.5 Å². The maximum atomic E-state index is 5.42. The lowest BCUT2D eigenvalue weighted by atomic mass is 10.1. The first-order chi connectivity index (χ1) is 13.8. The quantitative estimate of drug-likeness (QED) is 0.248. The number of H-pyrrole nitrogens is 2. The van der Waals surface area contributed by atoms with E-state index in [-0.39, 0.29) is 34.0 Å². The van der Waals surface area contributed by atoms with Crippen molar-refractivity contribution in [3.05, 3.63) is 83.6 Å². The Bertz CT molecular complexity index is 1130. The van der Waals surface area contributed by atoms with E-state index in [1.165, 1.54) is 5.01 Å². The van der Waals surface area contributed by atoms with Crippen LogP contribution in [0.25, 0.3) is 28.5 Å². The Hall–Kier alpha value is -2.69. The van der Waals surface area contributed by atoms with Crippen molar-refractivity contribution in [3.63, 3.8) is 0 Å². The number of benzene rings is 2. The first-order valence-electron chi connectivity index (χ1n) is 8.62. The number of tetrazole rings is 1. The highest BCUT2D eigenvalue weighted by Crippen LogP contribution is 2.23. The van der Waals surface area contributed by atoms with Gasteiger partial charge in [-0.3, -0.25) is 0 Å². The van der Waals surface area contributed by atoms with Gasteiger partial charge in [-0.1, -0.05) is 46.9 Å². The second kappa shape index (κ2) is 11.5. The molecule has 10 heteroatoms. The predicted octanol–water partition coefficient (Wildman–Crippen LogP) is -2.72. The minimum atomic E-state index is 0. The number of para-hydroxylation sites is 1. The molecule has 2 N–H and O–H groups in total. The third kappa shape index (κ3) is 5.47. The highest BCUT2D eigenvalue weighted by molar-refractivity contribution is 7.09. The average molecular weight is 550 g/mol. The van der Waals surface area contributed by atoms with Crippen molar-refractivity contribution < 1.29 is 48.0 Å². The van der Waals surface area contributed by atoms with Crippen molar-refractivity contribution in [1.29, 1.82) is 0 Å². The monoisotopic (exact) mass is 548 g/mol. The van der Waals surface area contributed by atoms with E-state index in [0.29, 0.717) is 5.89 Å². The van der Waals surface area contributed by atoms with E-state index >= 15 is 0 Å². The van der Waals surface area contributed by atoms with Crippen molar-refractivity contribution >= 4 is 11.3 Å². The second-order valence-corrected chi connectivity index (χ2v) is 6.92. The Labute approximate surface area is 198 Å². The van der Waals surface area contributed by atoms with Gasteiger partial charge in [0, 0.05) is 6.92 Å². The van der Waals surface area contributed by atoms with Crippen LogP contribution in [0.5, 0.6) is 0 Å². The van der Waals surface area contributed by atoms with Gasteiger partial charge in [0.2, 0.25) is 10.9 Å². The maximum absolute atomic E-state index is 5.42. The van der Waals surface area contributed by atoms with Crippen LogP contribution in [0, 0.1) is 6.92 Å². The molecule has 0 aliphatic heterocycles. The predicted molar refractivity (Wildman–Crippen MR) is 104 cm³/mol. The minimum Gasteiger partial charge on any atom is -1.00 e. The fraction of sp³-hybridized carbons (Fsp3) is 0.0500. The molecule has 0 saturated carbocycles. The fourth-order valence-electron chi connectivity index (χ4n) is 2.68. The highest BCUT2D eigenvalue weighted by atomic mass is 79.9. The number of oxazole rings is 1. The third-order valence-electron chi connectivity index (χ3n) is 3.94. The zero-order chi connectivity index (χ0) is 19.2. The average Bonchev–Trinajstić information content (AvgIpc) is 3.51. The summed E-state index contributed by atoms with van der Waals surface area (Å²) in [6.45, 7) is 2.05. The van der Waals surface area contributed by atoms with Crippen LogP contribution >= 0.6 is 11.3 Å². The van der Waals surface area contributed by atoms with Crippen LogP contribution in [-0.2, 0) is 0 Å². The number of halogens is 2. The standard InChI is InChI=1S/C16H11N5O.C4H5NS.2BrH/c1-2-6-12(7-3-1)15-18-19-20-21(15)14-9-5-4-8-13(14)16-17-10-11-22-16;1-4-5-2-3-6-4;;/h1-11H;2-3H,1H3;2*1H. The van der Waals surface area contributed by atoms with Gasteiger partial charge >= 0.3 is 5.82 Å². The lowest BCUT2D eigenvalue weighted by Crippen LogP contribution is -3.00. The molecule has 0 spiro atoms. The second-order valence-electron chi connectivity index (χ2n) is 5.80. The Morgan fingerprint density at radius 2 is 1.80 bits per heavy atom. The Morgan fingerprint density at radius 3 is 2.43 bits per heavy atom. The summed E-state index contributed by atoms with van der Waals surface area (Å²) in [6, 6.07) is 17.7. The molecule has 0 saturated heterocycles. The molecule has 154 valence electrons. The molecule has 2 aromatic carbocycles. The highest BCUT2D eigenvalue weighted by Gasteiger charge is 2.22. The van der Waals surface area contributed by atoms with Gasteiger partial charge in [0.1, 0.15) is 17.0 Å². The van der Waals surface area contributed by atoms with Crippen LogP contribution < -0.4 is 43.6 Å². The zero-order valence-electron chi connectivity index (χ0n) is 15.9. The number of nitrogens with one attached hydrogen (secondary N) is 2. The molecule has 0 fully saturated rings. The lowest BCUT2D eigenvalue weighted by Gasteiger charge is -2.04. The summed E-state index contributed by atoms with van der Waals surface area (Å²) in [4.78, 5) is 7.24. The number of aromatic amines is 2. The van der Waals surface area contributed by atoms with Gasteiger partial charge in [0.25, 0.3) is 0 Å². The molecule has 0 radical (unpaired) electrons. The third-order valence-corrected chi connectivity index (χ3v) is 4.68. The summed E-state index contributed by atoms with van der Waals surface area (Å²) in [7, 11) is 0. The van der Waals surface area contributed by atoms with Gasteiger partial charge in [-0.05, 0) is 24.3 Å². The molecule has 0 atom stereocenters. The number of rotatable bonds is 3. The summed E-state index contributed by atoms with van der Waals surface area (Å²) in [5.41, 5.74) is 2.70. The van der Waals surface area contributed by atoms with Crippen LogP contribution in [0.1, 0.15) is 5.01 Å². The van der Waals surface area contributed by atoms with E-state index in [1.54, 1.807) is 23.8 Å². The number of hydrogen-bond donors (Lipinski definition) is 1. The summed E-state index contributed by atoms with van der Waals surface area (Å²) in [5.74, 6) is 1.27. The summed E-state index contributed by atoms with van der Waals surface area (Å²) in [6.07, 6.45) is 5.11. The number of aromatic nitrogens is 6. The van der Waals surface area contributed by atoms with Gasteiger partial charge in [-0.25, -0.2) is 9.97 Å². The molecule has 30 heavy (non-hydrogen) atoms. The van der Waals surface area contributed by atoms with Crippen molar-refractivity contribution in [2.75, 3.05) is 0 Å². The first kappa shape index (κ1) is 23.6. The molecular weight excluding hydrogens is 532 g/mol. The molecule has 3 aromatic heterocycles. The van der Waals surface area contributed by atoms with E-state index in [1.807, 2.05) is 77.8 Å². The van der Waals surface area contributed by atoms with Gasteiger partial charge in [-0.15, -0.1) is 4.68 Å². The van der Waals surface area contributed by atoms with E-state index in [4.69, 9.17) is 4.42 Å². The fourth-order valence-corrected chi connectivity index (χ4v) is 3.15. The molecule has 0 bridgehead atoms. The van der Waals surface area contributed by atoms with E-state index < -0.39 is 0 Å². The number of hydrogen-bond acceptors (Lipinski definition) is 5. The van der Waals surface area contributed by atoms with Crippen molar-refractivity contribution in [1.82, 2.24) is 20.5 Å². The van der Waals surface area contributed by atoms with Crippen LogP contribution in [0.15, 0.2) is 83.1 Å². The first-order valence-corrected chi connectivity index (χ1v) is 9.50. The van der Waals surface area contributed by atoms with Gasteiger partial charge in [0.05, 0.1) is 22.7 Å². The van der Waals surface area contributed by atoms with Gasteiger partial charge < -0.3 is 38.4 Å². The van der Waals surface area contributed by atoms with E-state index in [2.05, 4.69) is 25.5 Å². The van der Waals surface area contributed by atoms with Gasteiger partial charge in [-0.2, -0.15) is 0 Å². The molecule has 7 nitrogen and oxygen atoms in total. The lowest BCUT2D eigenvalue weighted by molar-refractivity contribution is -0.649. The van der Waals surface area contributed by atoms with Crippen LogP contribution in [0.3, 0.4) is 0 Å². The molecule has 0 aliphatic carbocycles. The molecule has 0 unspecified atom stereocenters. The SMILES string of the molecule is Cc1[nH+]ccs1.[Br-].[Br-].c1ccc(-c2nn[nH][n+]2-c2ccccc2-c2ncco2)cc1. The number of nitrogens with zero attached hydrogens (tertiary/aromatic N) is 4. The molecule has 0 aliphatic rings. The van der Waals surface area contributed by atoms with E-state index in [9.17, 15) is 0 Å².